The van der Waals surface area contributed by atoms with Crippen molar-refractivity contribution in [2.45, 2.75) is 23.3 Å². The number of carbonyl (C=O) groups excluding carboxylic acids is 1. The highest BCUT2D eigenvalue weighted by Gasteiger charge is 2.42. The molecule has 0 aliphatic carbocycles. The van der Waals surface area contributed by atoms with Crippen molar-refractivity contribution in [3.05, 3.63) is 29.3 Å². The van der Waals surface area contributed by atoms with Gasteiger partial charge in [-0.05, 0) is 31.2 Å². The number of halogens is 1. The fraction of sp³-hybridized carbons (Fsp3) is 0.364. The van der Waals surface area contributed by atoms with Crippen LogP contribution in [0, 0.1) is 5.92 Å². The molecule has 2 rings (SSSR count). The van der Waals surface area contributed by atoms with E-state index in [1.54, 1.807) is 6.92 Å². The number of aliphatic hydroxyl groups is 1. The molecule has 0 aromatic heterocycles. The minimum absolute atomic E-state index is 0.0475. The molecular formula is C11H12ClNO2S. The molecule has 1 fully saturated rings. The molecular weight excluding hydrogens is 246 g/mol. The van der Waals surface area contributed by atoms with E-state index in [1.807, 2.05) is 24.3 Å². The Hall–Kier alpha value is -0.710. The van der Waals surface area contributed by atoms with Gasteiger partial charge >= 0.3 is 0 Å². The zero-order valence-corrected chi connectivity index (χ0v) is 10.3. The quantitative estimate of drug-likeness (QED) is 0.813. The molecule has 1 aromatic carbocycles. The lowest BCUT2D eigenvalue weighted by Crippen LogP contribution is -2.60. The second-order valence-electron chi connectivity index (χ2n) is 3.77. The van der Waals surface area contributed by atoms with Gasteiger partial charge in [0.15, 0.2) is 0 Å². The summed E-state index contributed by atoms with van der Waals surface area (Å²) in [6.07, 6.45) is -0.612. The normalized spacial score (nSPS) is 25.8. The first kappa shape index (κ1) is 11.8. The van der Waals surface area contributed by atoms with Gasteiger partial charge in [0, 0.05) is 9.92 Å². The van der Waals surface area contributed by atoms with Crippen molar-refractivity contribution in [1.29, 1.82) is 0 Å². The fourth-order valence-corrected chi connectivity index (χ4v) is 2.99. The van der Waals surface area contributed by atoms with Crippen LogP contribution in [-0.2, 0) is 4.79 Å². The number of aliphatic hydroxyl groups excluding tert-OH is 1. The number of carbonyl (C=O) groups is 1. The van der Waals surface area contributed by atoms with Gasteiger partial charge in [-0.2, -0.15) is 0 Å². The van der Waals surface area contributed by atoms with Gasteiger partial charge in [0.25, 0.3) is 0 Å². The van der Waals surface area contributed by atoms with Gasteiger partial charge in [-0.15, -0.1) is 11.8 Å². The summed E-state index contributed by atoms with van der Waals surface area (Å²) in [5.41, 5.74) is 0. The minimum Gasteiger partial charge on any atom is -0.392 e. The van der Waals surface area contributed by atoms with E-state index >= 15 is 0 Å². The maximum atomic E-state index is 11.2. The Labute approximate surface area is 103 Å². The summed E-state index contributed by atoms with van der Waals surface area (Å²) in [5, 5.41) is 12.8. The Kier molecular flexibility index (Phi) is 3.42. The van der Waals surface area contributed by atoms with Crippen molar-refractivity contribution >= 4 is 29.3 Å². The molecule has 1 aromatic rings. The van der Waals surface area contributed by atoms with E-state index < -0.39 is 6.10 Å². The largest absolute Gasteiger partial charge is 0.392 e. The molecule has 0 saturated carbocycles. The molecule has 3 nitrogen and oxygen atoms in total. The van der Waals surface area contributed by atoms with E-state index in [0.717, 1.165) is 4.90 Å². The van der Waals surface area contributed by atoms with Gasteiger partial charge < -0.3 is 10.4 Å². The predicted octanol–water partition coefficient (Wildman–Crippen LogP) is 1.88. The topological polar surface area (TPSA) is 49.3 Å². The molecule has 0 bridgehead atoms. The lowest BCUT2D eigenvalue weighted by molar-refractivity contribution is -0.136. The van der Waals surface area contributed by atoms with Crippen LogP contribution in [0.3, 0.4) is 0 Å². The van der Waals surface area contributed by atoms with E-state index in [1.165, 1.54) is 11.8 Å². The predicted molar refractivity (Wildman–Crippen MR) is 64.4 cm³/mol. The van der Waals surface area contributed by atoms with Crippen LogP contribution in [0.1, 0.15) is 6.92 Å². The zero-order chi connectivity index (χ0) is 11.7. The first-order valence-electron chi connectivity index (χ1n) is 4.98. The van der Waals surface area contributed by atoms with Gasteiger partial charge in [-0.1, -0.05) is 11.6 Å². The SMILES string of the molecule is CC(O)[C@H]1C(=O)N[C@@H]1Sc1ccc(Cl)cc1. The summed E-state index contributed by atoms with van der Waals surface area (Å²) in [4.78, 5) is 12.2. The highest BCUT2D eigenvalue weighted by molar-refractivity contribution is 8.00. The Balaban J connectivity index is 2.00. The second-order valence-corrected chi connectivity index (χ2v) is 5.42. The van der Waals surface area contributed by atoms with Gasteiger partial charge in [-0.25, -0.2) is 0 Å². The highest BCUT2D eigenvalue weighted by atomic mass is 35.5. The van der Waals surface area contributed by atoms with Gasteiger partial charge in [0.2, 0.25) is 5.91 Å². The average molecular weight is 258 g/mol. The summed E-state index contributed by atoms with van der Waals surface area (Å²) in [6.45, 7) is 1.64. The summed E-state index contributed by atoms with van der Waals surface area (Å²) >= 11 is 7.31. The van der Waals surface area contributed by atoms with E-state index in [-0.39, 0.29) is 17.2 Å². The molecule has 1 saturated heterocycles. The molecule has 1 aliphatic rings. The Morgan fingerprint density at radius 1 is 1.44 bits per heavy atom. The lowest BCUT2D eigenvalue weighted by atomic mass is 9.96. The van der Waals surface area contributed by atoms with Gasteiger partial charge in [0.05, 0.1) is 17.4 Å². The first-order chi connectivity index (χ1) is 7.58. The molecule has 16 heavy (non-hydrogen) atoms. The summed E-state index contributed by atoms with van der Waals surface area (Å²) in [7, 11) is 0. The van der Waals surface area contributed by atoms with Crippen molar-refractivity contribution < 1.29 is 9.90 Å². The monoisotopic (exact) mass is 257 g/mol. The van der Waals surface area contributed by atoms with Crippen molar-refractivity contribution in [3.8, 4) is 0 Å². The third kappa shape index (κ3) is 2.34. The smallest absolute Gasteiger partial charge is 0.229 e. The highest BCUT2D eigenvalue weighted by Crippen LogP contribution is 2.34. The minimum atomic E-state index is -0.612. The van der Waals surface area contributed by atoms with Crippen molar-refractivity contribution in [2.24, 2.45) is 5.92 Å². The fourth-order valence-electron chi connectivity index (χ4n) is 1.60. The zero-order valence-electron chi connectivity index (χ0n) is 8.68. The molecule has 5 heteroatoms. The number of nitrogens with one attached hydrogen (secondary N) is 1. The lowest BCUT2D eigenvalue weighted by Gasteiger charge is -2.37. The van der Waals surface area contributed by atoms with Crippen molar-refractivity contribution in [3.63, 3.8) is 0 Å². The molecule has 0 radical (unpaired) electrons. The molecule has 2 N–H and O–H groups in total. The van der Waals surface area contributed by atoms with Crippen LogP contribution in [-0.4, -0.2) is 22.5 Å². The Bertz CT molecular complexity index is 393. The molecule has 1 unspecified atom stereocenters. The molecule has 1 aliphatic heterocycles. The van der Waals surface area contributed by atoms with E-state index in [4.69, 9.17) is 11.6 Å². The molecule has 1 amide bonds. The van der Waals surface area contributed by atoms with E-state index in [9.17, 15) is 9.90 Å². The Morgan fingerprint density at radius 2 is 2.06 bits per heavy atom. The van der Waals surface area contributed by atoms with Crippen LogP contribution < -0.4 is 5.32 Å². The van der Waals surface area contributed by atoms with Gasteiger partial charge in [-0.3, -0.25) is 4.79 Å². The van der Waals surface area contributed by atoms with Crippen LogP contribution in [0.25, 0.3) is 0 Å². The van der Waals surface area contributed by atoms with Crippen molar-refractivity contribution in [1.82, 2.24) is 5.32 Å². The average Bonchev–Trinajstić information content (AvgIpc) is 2.19. The third-order valence-electron chi connectivity index (χ3n) is 2.51. The Morgan fingerprint density at radius 3 is 2.56 bits per heavy atom. The van der Waals surface area contributed by atoms with E-state index in [0.29, 0.717) is 5.02 Å². The van der Waals surface area contributed by atoms with Crippen LogP contribution in [0.15, 0.2) is 29.2 Å². The number of rotatable bonds is 3. The maximum absolute atomic E-state index is 11.2. The number of β-lactam (4-membered cyclic amide) rings is 1. The summed E-state index contributed by atoms with van der Waals surface area (Å²) < 4.78 is 0. The first-order valence-corrected chi connectivity index (χ1v) is 6.24. The number of amides is 1. The van der Waals surface area contributed by atoms with Gasteiger partial charge in [0.1, 0.15) is 0 Å². The number of hydrogen-bond donors (Lipinski definition) is 2. The molecule has 86 valence electrons. The van der Waals surface area contributed by atoms with Crippen LogP contribution >= 0.6 is 23.4 Å². The maximum Gasteiger partial charge on any atom is 0.229 e. The number of hydrogen-bond acceptors (Lipinski definition) is 3. The number of benzene rings is 1. The number of thioether (sulfide) groups is 1. The molecule has 0 spiro atoms. The van der Waals surface area contributed by atoms with Crippen LogP contribution in [0.2, 0.25) is 5.02 Å². The van der Waals surface area contributed by atoms with Crippen LogP contribution in [0.4, 0.5) is 0 Å². The van der Waals surface area contributed by atoms with Crippen LogP contribution in [0.5, 0.6) is 0 Å². The van der Waals surface area contributed by atoms with E-state index in [2.05, 4.69) is 5.32 Å². The third-order valence-corrected chi connectivity index (χ3v) is 3.97. The molecule has 1 heterocycles. The summed E-state index contributed by atoms with van der Waals surface area (Å²) in [6, 6.07) is 7.41. The second kappa shape index (κ2) is 4.65. The molecule has 3 atom stereocenters. The summed E-state index contributed by atoms with van der Waals surface area (Å²) in [5.74, 6) is -0.401. The van der Waals surface area contributed by atoms with Crippen molar-refractivity contribution in [2.75, 3.05) is 0 Å². The standard InChI is InChI=1S/C11H12ClNO2S/c1-6(14)9-10(15)13-11(9)16-8-4-2-7(12)3-5-8/h2-6,9,11,14H,1H3,(H,13,15)/t6?,9-,11+/m0/s1.